The van der Waals surface area contributed by atoms with Crippen LogP contribution < -0.4 is 0 Å². The number of hydrogen-bond donors (Lipinski definition) is 0. The summed E-state index contributed by atoms with van der Waals surface area (Å²) in [5.41, 5.74) is 4.13. The van der Waals surface area contributed by atoms with E-state index in [0.29, 0.717) is 0 Å². The van der Waals surface area contributed by atoms with Crippen LogP contribution >= 0.6 is 22.7 Å². The van der Waals surface area contributed by atoms with Gasteiger partial charge in [0.25, 0.3) is 0 Å². The largest absolute Gasteiger partial charge is 0.142 e. The van der Waals surface area contributed by atoms with Crippen LogP contribution in [0.5, 0.6) is 0 Å². The third-order valence-corrected chi connectivity index (χ3v) is 5.88. The first-order chi connectivity index (χ1) is 9.74. The van der Waals surface area contributed by atoms with Crippen molar-refractivity contribution in [3.8, 4) is 0 Å². The Labute approximate surface area is 128 Å². The van der Waals surface area contributed by atoms with Crippen molar-refractivity contribution in [2.45, 2.75) is 39.5 Å². The van der Waals surface area contributed by atoms with Crippen LogP contribution in [0.25, 0.3) is 25.7 Å². The van der Waals surface area contributed by atoms with Crippen LogP contribution in [0.15, 0.2) is 29.5 Å². The molecule has 2 heterocycles. The molecule has 0 saturated carbocycles. The summed E-state index contributed by atoms with van der Waals surface area (Å²) in [4.78, 5) is 0. The Kier molecular flexibility index (Phi) is 3.95. The summed E-state index contributed by atoms with van der Waals surface area (Å²) >= 11 is 3.74. The highest BCUT2D eigenvalue weighted by atomic mass is 32.1. The molecule has 1 aromatic carbocycles. The number of benzene rings is 1. The van der Waals surface area contributed by atoms with Crippen LogP contribution in [0.4, 0.5) is 0 Å². The second kappa shape index (κ2) is 5.71. The molecule has 0 atom stereocenters. The molecular formula is C18H20S2. The molecule has 3 aromatic rings. The fourth-order valence-corrected chi connectivity index (χ4v) is 5.02. The molecule has 2 heteroatoms. The molecule has 2 aromatic heterocycles. The van der Waals surface area contributed by atoms with Gasteiger partial charge in [0.2, 0.25) is 0 Å². The maximum atomic E-state index is 4.24. The number of rotatable bonds is 5. The van der Waals surface area contributed by atoms with E-state index in [1.165, 1.54) is 62.6 Å². The van der Waals surface area contributed by atoms with E-state index in [4.69, 9.17) is 0 Å². The highest BCUT2D eigenvalue weighted by Gasteiger charge is 2.16. The molecule has 0 aliphatic rings. The lowest BCUT2D eigenvalue weighted by Gasteiger charge is -2.13. The zero-order chi connectivity index (χ0) is 14.1. The molecule has 0 aliphatic heterocycles. The third kappa shape index (κ3) is 2.21. The van der Waals surface area contributed by atoms with Gasteiger partial charge in [0, 0.05) is 5.39 Å². The van der Waals surface area contributed by atoms with E-state index in [0.717, 1.165) is 0 Å². The molecule has 0 fully saturated rings. The Morgan fingerprint density at radius 2 is 1.70 bits per heavy atom. The van der Waals surface area contributed by atoms with Crippen LogP contribution in [-0.4, -0.2) is 0 Å². The number of allylic oxidation sites excluding steroid dienone is 1. The molecule has 3 rings (SSSR count). The second-order valence-electron chi connectivity index (χ2n) is 5.42. The molecule has 20 heavy (non-hydrogen) atoms. The monoisotopic (exact) mass is 300 g/mol. The quantitative estimate of drug-likeness (QED) is 0.450. The van der Waals surface area contributed by atoms with Crippen LogP contribution in [0.2, 0.25) is 0 Å². The smallest absolute Gasteiger partial charge is 0.0527 e. The van der Waals surface area contributed by atoms with Gasteiger partial charge in [-0.3, -0.25) is 0 Å². The lowest BCUT2D eigenvalue weighted by Crippen LogP contribution is -1.94. The van der Waals surface area contributed by atoms with Gasteiger partial charge in [-0.2, -0.15) is 0 Å². The lowest BCUT2D eigenvalue weighted by atomic mass is 9.92. The van der Waals surface area contributed by atoms with Gasteiger partial charge in [-0.25, -0.2) is 0 Å². The maximum Gasteiger partial charge on any atom is 0.0527 e. The average molecular weight is 300 g/mol. The Hall–Kier alpha value is -1.12. The minimum Gasteiger partial charge on any atom is -0.142 e. The summed E-state index contributed by atoms with van der Waals surface area (Å²) in [7, 11) is 0. The van der Waals surface area contributed by atoms with Crippen molar-refractivity contribution in [1.29, 1.82) is 0 Å². The van der Waals surface area contributed by atoms with E-state index < -0.39 is 0 Å². The van der Waals surface area contributed by atoms with Crippen molar-refractivity contribution in [3.05, 3.63) is 40.6 Å². The predicted molar refractivity (Wildman–Crippen MR) is 95.1 cm³/mol. The summed E-state index contributed by atoms with van der Waals surface area (Å²) < 4.78 is 2.90. The zero-order valence-corrected chi connectivity index (χ0v) is 13.8. The summed E-state index contributed by atoms with van der Waals surface area (Å²) in [6, 6.07) is 4.57. The van der Waals surface area contributed by atoms with Crippen molar-refractivity contribution in [1.82, 2.24) is 0 Å². The van der Waals surface area contributed by atoms with E-state index in [9.17, 15) is 0 Å². The average Bonchev–Trinajstić information content (AvgIpc) is 3.06. The number of hydrogen-bond acceptors (Lipinski definition) is 2. The van der Waals surface area contributed by atoms with Gasteiger partial charge in [0.1, 0.15) is 0 Å². The first-order valence-electron chi connectivity index (χ1n) is 7.29. The molecule has 0 aliphatic carbocycles. The van der Waals surface area contributed by atoms with Crippen molar-refractivity contribution in [2.75, 3.05) is 0 Å². The Morgan fingerprint density at radius 3 is 2.35 bits per heavy atom. The SMILES string of the molecule is C=C(C)c1c(CCCCC)c2ccsc2c2sccc12. The van der Waals surface area contributed by atoms with Gasteiger partial charge in [0.15, 0.2) is 0 Å². The Bertz CT molecular complexity index is 758. The molecule has 0 spiro atoms. The zero-order valence-electron chi connectivity index (χ0n) is 12.2. The molecule has 0 unspecified atom stereocenters. The third-order valence-electron chi connectivity index (χ3n) is 3.89. The summed E-state index contributed by atoms with van der Waals surface area (Å²) in [6.07, 6.45) is 5.03. The standard InChI is InChI=1S/C18H20S2/c1-4-5-6-7-13-14-8-10-19-17(14)18-15(9-11-20-18)16(13)12(2)3/h8-11H,2,4-7H2,1,3H3. The number of aryl methyl sites for hydroxylation is 1. The molecule has 104 valence electrons. The molecule has 0 N–H and O–H groups in total. The minimum atomic E-state index is 1.18. The van der Waals surface area contributed by atoms with E-state index >= 15 is 0 Å². The topological polar surface area (TPSA) is 0 Å². The maximum absolute atomic E-state index is 4.24. The number of thiophene rings is 2. The molecule has 0 bridgehead atoms. The number of unbranched alkanes of at least 4 members (excludes halogenated alkanes) is 2. The van der Waals surface area contributed by atoms with Gasteiger partial charge in [-0.05, 0) is 59.2 Å². The fourth-order valence-electron chi connectivity index (χ4n) is 3.00. The predicted octanol–water partition coefficient (Wildman–Crippen LogP) is 6.88. The fraction of sp³-hybridized carbons (Fsp3) is 0.333. The van der Waals surface area contributed by atoms with E-state index in [-0.39, 0.29) is 0 Å². The van der Waals surface area contributed by atoms with Crippen LogP contribution in [0.3, 0.4) is 0 Å². The van der Waals surface area contributed by atoms with Crippen molar-refractivity contribution in [2.24, 2.45) is 0 Å². The van der Waals surface area contributed by atoms with E-state index in [2.05, 4.69) is 43.3 Å². The molecular weight excluding hydrogens is 280 g/mol. The molecule has 0 radical (unpaired) electrons. The minimum absolute atomic E-state index is 1.18. The van der Waals surface area contributed by atoms with Gasteiger partial charge >= 0.3 is 0 Å². The second-order valence-corrected chi connectivity index (χ2v) is 7.25. The highest BCUT2D eigenvalue weighted by Crippen LogP contribution is 2.41. The van der Waals surface area contributed by atoms with Crippen LogP contribution in [0, 0.1) is 0 Å². The molecule has 0 amide bonds. The molecule has 0 saturated heterocycles. The summed E-state index contributed by atoms with van der Waals surface area (Å²) in [5, 5.41) is 7.31. The van der Waals surface area contributed by atoms with Gasteiger partial charge in [0.05, 0.1) is 9.40 Å². The normalized spacial score (nSPS) is 11.5. The van der Waals surface area contributed by atoms with Crippen molar-refractivity contribution < 1.29 is 0 Å². The van der Waals surface area contributed by atoms with E-state index in [1.807, 2.05) is 22.7 Å². The van der Waals surface area contributed by atoms with Gasteiger partial charge in [-0.1, -0.05) is 31.9 Å². The van der Waals surface area contributed by atoms with Gasteiger partial charge in [-0.15, -0.1) is 22.7 Å². The van der Waals surface area contributed by atoms with Crippen molar-refractivity contribution >= 4 is 48.4 Å². The first kappa shape index (κ1) is 13.8. The number of fused-ring (bicyclic) bond motifs is 3. The van der Waals surface area contributed by atoms with Crippen LogP contribution in [0.1, 0.15) is 44.2 Å². The van der Waals surface area contributed by atoms with Crippen molar-refractivity contribution in [3.63, 3.8) is 0 Å². The lowest BCUT2D eigenvalue weighted by molar-refractivity contribution is 0.719. The molecule has 0 nitrogen and oxygen atoms in total. The Balaban J connectivity index is 2.28. The summed E-state index contributed by atoms with van der Waals surface area (Å²) in [6.45, 7) is 8.66. The van der Waals surface area contributed by atoms with Crippen LogP contribution in [-0.2, 0) is 6.42 Å². The van der Waals surface area contributed by atoms with Gasteiger partial charge < -0.3 is 0 Å². The summed E-state index contributed by atoms with van der Waals surface area (Å²) in [5.74, 6) is 0. The Morgan fingerprint density at radius 1 is 1.05 bits per heavy atom. The highest BCUT2D eigenvalue weighted by molar-refractivity contribution is 7.25. The van der Waals surface area contributed by atoms with E-state index in [1.54, 1.807) is 0 Å². The first-order valence-corrected chi connectivity index (χ1v) is 9.05.